The largest absolute Gasteiger partial charge is 0.263 e. The lowest BCUT2D eigenvalue weighted by molar-refractivity contribution is 0.121. The van der Waals surface area contributed by atoms with Crippen LogP contribution in [0.3, 0.4) is 0 Å². The van der Waals surface area contributed by atoms with Crippen molar-refractivity contribution in [3.63, 3.8) is 0 Å². The molecule has 0 fully saturated rings. The molecule has 1 heterocycles. The van der Waals surface area contributed by atoms with E-state index in [-0.39, 0.29) is 17.3 Å². The molecule has 0 atom stereocenters. The predicted molar refractivity (Wildman–Crippen MR) is 59.7 cm³/mol. The summed E-state index contributed by atoms with van der Waals surface area (Å²) in [6, 6.07) is 2.73. The molecular weight excluding hydrogens is 274 g/mol. The van der Waals surface area contributed by atoms with Gasteiger partial charge < -0.3 is 0 Å². The van der Waals surface area contributed by atoms with Crippen LogP contribution in [0.1, 0.15) is 0 Å². The third-order valence-corrected chi connectivity index (χ3v) is 3.97. The molecule has 0 aliphatic carbocycles. The average Bonchev–Trinajstić information content (AvgIpc) is 2.29. The SMILES string of the molecule is O=S(=O)(c1cccnc1)N(CCCl)CC(F)F. The highest BCUT2D eigenvalue weighted by atomic mass is 35.5. The van der Waals surface area contributed by atoms with Crippen molar-refractivity contribution in [1.29, 1.82) is 0 Å². The van der Waals surface area contributed by atoms with Gasteiger partial charge >= 0.3 is 0 Å². The van der Waals surface area contributed by atoms with E-state index in [0.29, 0.717) is 4.31 Å². The minimum Gasteiger partial charge on any atom is -0.263 e. The van der Waals surface area contributed by atoms with Gasteiger partial charge in [-0.25, -0.2) is 17.2 Å². The Labute approximate surface area is 103 Å². The Hall–Kier alpha value is -0.790. The number of hydrogen-bond donors (Lipinski definition) is 0. The maximum Gasteiger partial charge on any atom is 0.252 e. The summed E-state index contributed by atoms with van der Waals surface area (Å²) in [4.78, 5) is 3.53. The molecule has 0 saturated heterocycles. The minimum absolute atomic E-state index is 0.0494. The topological polar surface area (TPSA) is 50.3 Å². The van der Waals surface area contributed by atoms with Crippen LogP contribution in [0.15, 0.2) is 29.4 Å². The van der Waals surface area contributed by atoms with E-state index in [4.69, 9.17) is 11.6 Å². The molecule has 0 aliphatic rings. The summed E-state index contributed by atoms with van der Waals surface area (Å²) in [7, 11) is -3.95. The van der Waals surface area contributed by atoms with Crippen molar-refractivity contribution in [3.05, 3.63) is 24.5 Å². The molecule has 0 amide bonds. The molecule has 4 nitrogen and oxygen atoms in total. The Bertz CT molecular complexity index is 442. The molecule has 96 valence electrons. The van der Waals surface area contributed by atoms with Crippen LogP contribution in [-0.2, 0) is 10.0 Å². The number of nitrogens with zero attached hydrogens (tertiary/aromatic N) is 2. The number of sulfonamides is 1. The lowest BCUT2D eigenvalue weighted by Gasteiger charge is -2.20. The van der Waals surface area contributed by atoms with Gasteiger partial charge in [-0.3, -0.25) is 4.98 Å². The average molecular weight is 285 g/mol. The van der Waals surface area contributed by atoms with Gasteiger partial charge in [0.15, 0.2) is 0 Å². The summed E-state index contributed by atoms with van der Waals surface area (Å²) in [5.74, 6) is -0.0494. The van der Waals surface area contributed by atoms with Crippen molar-refractivity contribution in [1.82, 2.24) is 9.29 Å². The van der Waals surface area contributed by atoms with Gasteiger partial charge in [0.05, 0.1) is 6.54 Å². The third-order valence-electron chi connectivity index (χ3n) is 1.95. The Kier molecular flexibility index (Phi) is 5.23. The van der Waals surface area contributed by atoms with Crippen molar-refractivity contribution < 1.29 is 17.2 Å². The predicted octanol–water partition coefficient (Wildman–Crippen LogP) is 1.58. The number of alkyl halides is 3. The summed E-state index contributed by atoms with van der Waals surface area (Å²) >= 11 is 5.41. The van der Waals surface area contributed by atoms with Crippen LogP contribution in [0.4, 0.5) is 8.78 Å². The number of aromatic nitrogens is 1. The molecule has 1 rings (SSSR count). The fourth-order valence-electron chi connectivity index (χ4n) is 1.21. The van der Waals surface area contributed by atoms with Crippen molar-refractivity contribution in [2.45, 2.75) is 11.3 Å². The van der Waals surface area contributed by atoms with Crippen LogP contribution in [0.2, 0.25) is 0 Å². The molecule has 17 heavy (non-hydrogen) atoms. The van der Waals surface area contributed by atoms with Crippen molar-refractivity contribution in [2.75, 3.05) is 19.0 Å². The zero-order chi connectivity index (χ0) is 12.9. The normalized spacial score (nSPS) is 12.3. The maximum atomic E-state index is 12.3. The van der Waals surface area contributed by atoms with Gasteiger partial charge in [0, 0.05) is 24.8 Å². The molecule has 0 spiro atoms. The summed E-state index contributed by atoms with van der Waals surface area (Å²) < 4.78 is 49.1. The first-order valence-corrected chi connectivity index (χ1v) is 6.70. The van der Waals surface area contributed by atoms with Crippen molar-refractivity contribution in [3.8, 4) is 0 Å². The van der Waals surface area contributed by atoms with Crippen LogP contribution in [0.25, 0.3) is 0 Å². The Morgan fingerprint density at radius 2 is 2.18 bits per heavy atom. The number of hydrogen-bond acceptors (Lipinski definition) is 3. The highest BCUT2D eigenvalue weighted by Gasteiger charge is 2.26. The van der Waals surface area contributed by atoms with Gasteiger partial charge in [-0.15, -0.1) is 11.6 Å². The number of halogens is 3. The summed E-state index contributed by atoms with van der Waals surface area (Å²) in [6.45, 7) is -1.03. The molecule has 0 radical (unpaired) electrons. The van der Waals surface area contributed by atoms with Gasteiger partial charge in [0.25, 0.3) is 6.43 Å². The molecule has 0 unspecified atom stereocenters. The van der Waals surface area contributed by atoms with E-state index in [2.05, 4.69) is 4.98 Å². The zero-order valence-electron chi connectivity index (χ0n) is 8.76. The van der Waals surface area contributed by atoms with Crippen LogP contribution in [0, 0.1) is 0 Å². The van der Waals surface area contributed by atoms with Crippen LogP contribution in [-0.4, -0.2) is 43.1 Å². The smallest absolute Gasteiger partial charge is 0.252 e. The fraction of sp³-hybridized carbons (Fsp3) is 0.444. The van der Waals surface area contributed by atoms with E-state index in [1.807, 2.05) is 0 Å². The third kappa shape index (κ3) is 3.86. The summed E-state index contributed by atoms with van der Waals surface area (Å²) in [5.41, 5.74) is 0. The molecule has 0 aliphatic heterocycles. The Morgan fingerprint density at radius 3 is 2.65 bits per heavy atom. The van der Waals surface area contributed by atoms with E-state index < -0.39 is 23.0 Å². The minimum atomic E-state index is -3.95. The van der Waals surface area contributed by atoms with Gasteiger partial charge in [-0.2, -0.15) is 4.31 Å². The highest BCUT2D eigenvalue weighted by Crippen LogP contribution is 2.15. The van der Waals surface area contributed by atoms with Gasteiger partial charge in [0.2, 0.25) is 10.0 Å². The highest BCUT2D eigenvalue weighted by molar-refractivity contribution is 7.89. The van der Waals surface area contributed by atoms with Crippen molar-refractivity contribution in [2.24, 2.45) is 0 Å². The van der Waals surface area contributed by atoms with E-state index >= 15 is 0 Å². The van der Waals surface area contributed by atoms with E-state index in [1.165, 1.54) is 18.3 Å². The molecule has 0 saturated carbocycles. The molecular formula is C9H11ClF2N2O2S. The molecule has 0 bridgehead atoms. The standard InChI is InChI=1S/C9H11ClF2N2O2S/c10-3-5-14(7-9(11)12)17(15,16)8-2-1-4-13-6-8/h1-2,4,6,9H,3,5,7H2. The van der Waals surface area contributed by atoms with Gasteiger partial charge in [0.1, 0.15) is 4.90 Å². The molecule has 1 aromatic heterocycles. The number of rotatable bonds is 6. The Balaban J connectivity index is 3.00. The molecule has 1 aromatic rings. The van der Waals surface area contributed by atoms with Crippen LogP contribution in [0.5, 0.6) is 0 Å². The fourth-order valence-corrected chi connectivity index (χ4v) is 2.89. The molecule has 8 heteroatoms. The lowest BCUT2D eigenvalue weighted by atomic mass is 10.5. The summed E-state index contributed by atoms with van der Waals surface area (Å²) in [6.07, 6.45) is -0.232. The molecule has 0 aromatic carbocycles. The first-order valence-electron chi connectivity index (χ1n) is 4.72. The van der Waals surface area contributed by atoms with E-state index in [9.17, 15) is 17.2 Å². The van der Waals surface area contributed by atoms with E-state index in [1.54, 1.807) is 0 Å². The second kappa shape index (κ2) is 6.23. The quantitative estimate of drug-likeness (QED) is 0.745. The van der Waals surface area contributed by atoms with Crippen LogP contribution < -0.4 is 0 Å². The molecule has 0 N–H and O–H groups in total. The van der Waals surface area contributed by atoms with Gasteiger partial charge in [-0.05, 0) is 12.1 Å². The van der Waals surface area contributed by atoms with Crippen LogP contribution >= 0.6 is 11.6 Å². The number of pyridine rings is 1. The lowest BCUT2D eigenvalue weighted by Crippen LogP contribution is -2.36. The second-order valence-electron chi connectivity index (χ2n) is 3.13. The zero-order valence-corrected chi connectivity index (χ0v) is 10.3. The van der Waals surface area contributed by atoms with Crippen molar-refractivity contribution >= 4 is 21.6 Å². The van der Waals surface area contributed by atoms with Gasteiger partial charge in [-0.1, -0.05) is 0 Å². The Morgan fingerprint density at radius 1 is 1.47 bits per heavy atom. The first kappa shape index (κ1) is 14.3. The van der Waals surface area contributed by atoms with E-state index in [0.717, 1.165) is 6.20 Å². The first-order chi connectivity index (χ1) is 7.98. The summed E-state index contributed by atoms with van der Waals surface area (Å²) in [5, 5.41) is 0. The second-order valence-corrected chi connectivity index (χ2v) is 5.45. The monoisotopic (exact) mass is 284 g/mol. The maximum absolute atomic E-state index is 12.3.